The van der Waals surface area contributed by atoms with Crippen LogP contribution in [0, 0.1) is 0 Å². The molecule has 1 aromatic carbocycles. The Balaban J connectivity index is 1.85. The smallest absolute Gasteiger partial charge is 0.160 e. The van der Waals surface area contributed by atoms with Crippen LogP contribution in [-0.2, 0) is 11.2 Å². The molecule has 2 N–H and O–H groups in total. The van der Waals surface area contributed by atoms with Gasteiger partial charge in [-0.25, -0.2) is 0 Å². The van der Waals surface area contributed by atoms with Crippen LogP contribution in [0.15, 0.2) is 18.2 Å². The molecule has 2 rings (SSSR count). The quantitative estimate of drug-likeness (QED) is 0.833. The molecule has 0 spiro atoms. The van der Waals surface area contributed by atoms with Gasteiger partial charge in [0.1, 0.15) is 12.1 Å². The summed E-state index contributed by atoms with van der Waals surface area (Å²) in [7, 11) is 5.18. The Labute approximate surface area is 127 Å². The van der Waals surface area contributed by atoms with Gasteiger partial charge in [0.25, 0.3) is 0 Å². The van der Waals surface area contributed by atoms with E-state index in [0.29, 0.717) is 12.1 Å². The molecule has 0 unspecified atom stereocenters. The van der Waals surface area contributed by atoms with Crippen LogP contribution in [0.5, 0.6) is 11.5 Å². The zero-order chi connectivity index (χ0) is 15.1. The minimum Gasteiger partial charge on any atom is -0.493 e. The van der Waals surface area contributed by atoms with Gasteiger partial charge in [0.15, 0.2) is 11.5 Å². The van der Waals surface area contributed by atoms with Gasteiger partial charge in [0.05, 0.1) is 20.8 Å². The van der Waals surface area contributed by atoms with Gasteiger partial charge in [0, 0.05) is 20.0 Å². The van der Waals surface area contributed by atoms with Crippen molar-refractivity contribution in [2.24, 2.45) is 0 Å². The lowest BCUT2D eigenvalue weighted by molar-refractivity contribution is -0.698. The minimum atomic E-state index is 0.421. The first kappa shape index (κ1) is 16.1. The van der Waals surface area contributed by atoms with E-state index in [1.807, 2.05) is 13.2 Å². The number of nitrogens with two attached hydrogens (primary N) is 1. The van der Waals surface area contributed by atoms with Crippen LogP contribution in [-0.4, -0.2) is 40.0 Å². The van der Waals surface area contributed by atoms with Crippen molar-refractivity contribution in [2.75, 3.05) is 27.9 Å². The van der Waals surface area contributed by atoms with Crippen LogP contribution in [0.25, 0.3) is 0 Å². The molecule has 0 saturated heterocycles. The highest BCUT2D eigenvalue weighted by atomic mass is 16.5. The molecule has 4 nitrogen and oxygen atoms in total. The second-order valence-electron chi connectivity index (χ2n) is 5.69. The van der Waals surface area contributed by atoms with E-state index in [9.17, 15) is 0 Å². The fourth-order valence-electron chi connectivity index (χ4n) is 3.19. The van der Waals surface area contributed by atoms with Gasteiger partial charge in [-0.1, -0.05) is 12.5 Å². The molecule has 0 bridgehead atoms. The Kier molecular flexibility index (Phi) is 6.33. The Morgan fingerprint density at radius 2 is 1.81 bits per heavy atom. The number of rotatable bonds is 7. The van der Waals surface area contributed by atoms with Crippen molar-refractivity contribution >= 4 is 0 Å². The zero-order valence-corrected chi connectivity index (χ0v) is 13.4. The van der Waals surface area contributed by atoms with Gasteiger partial charge in [-0.15, -0.1) is 0 Å². The summed E-state index contributed by atoms with van der Waals surface area (Å²) in [4.78, 5) is 0. The van der Waals surface area contributed by atoms with Crippen LogP contribution in [0.4, 0.5) is 0 Å². The lowest BCUT2D eigenvalue weighted by Crippen LogP contribution is -2.93. The number of ether oxygens (including phenoxy) is 3. The predicted octanol–water partition coefficient (Wildman–Crippen LogP) is 1.77. The first-order valence-corrected chi connectivity index (χ1v) is 7.85. The largest absolute Gasteiger partial charge is 0.493 e. The summed E-state index contributed by atoms with van der Waals surface area (Å²) < 4.78 is 16.2. The number of methoxy groups -OCH3 is 3. The second-order valence-corrected chi connectivity index (χ2v) is 5.69. The normalized spacial score (nSPS) is 22.0. The average Bonchev–Trinajstić information content (AvgIpc) is 2.55. The summed E-state index contributed by atoms with van der Waals surface area (Å²) in [6.45, 7) is 1.08. The van der Waals surface area contributed by atoms with E-state index in [4.69, 9.17) is 14.2 Å². The van der Waals surface area contributed by atoms with Crippen LogP contribution in [0.2, 0.25) is 0 Å². The highest BCUT2D eigenvalue weighted by molar-refractivity contribution is 5.42. The van der Waals surface area contributed by atoms with Crippen molar-refractivity contribution in [3.05, 3.63) is 23.8 Å². The Hall–Kier alpha value is -1.26. The van der Waals surface area contributed by atoms with Crippen molar-refractivity contribution < 1.29 is 19.5 Å². The Morgan fingerprint density at radius 3 is 2.52 bits per heavy atom. The molecule has 1 saturated carbocycles. The topological polar surface area (TPSA) is 44.3 Å². The molecule has 118 valence electrons. The van der Waals surface area contributed by atoms with Gasteiger partial charge in [-0.05, 0) is 30.5 Å². The molecule has 21 heavy (non-hydrogen) atoms. The summed E-state index contributed by atoms with van der Waals surface area (Å²) in [5.41, 5.74) is 1.29. The monoisotopic (exact) mass is 294 g/mol. The van der Waals surface area contributed by atoms with E-state index >= 15 is 0 Å². The molecule has 0 heterocycles. The van der Waals surface area contributed by atoms with E-state index in [0.717, 1.165) is 24.5 Å². The van der Waals surface area contributed by atoms with Crippen molar-refractivity contribution in [3.63, 3.8) is 0 Å². The summed E-state index contributed by atoms with van der Waals surface area (Å²) in [5.74, 6) is 1.60. The Morgan fingerprint density at radius 1 is 1.05 bits per heavy atom. The van der Waals surface area contributed by atoms with Gasteiger partial charge < -0.3 is 19.5 Å². The van der Waals surface area contributed by atoms with Crippen LogP contribution < -0.4 is 14.8 Å². The van der Waals surface area contributed by atoms with Crippen LogP contribution >= 0.6 is 0 Å². The van der Waals surface area contributed by atoms with E-state index in [1.165, 1.54) is 31.2 Å². The molecule has 1 aliphatic carbocycles. The highest BCUT2D eigenvalue weighted by Gasteiger charge is 2.27. The van der Waals surface area contributed by atoms with Crippen molar-refractivity contribution in [1.82, 2.24) is 0 Å². The van der Waals surface area contributed by atoms with Crippen LogP contribution in [0.1, 0.15) is 31.2 Å². The summed E-state index contributed by atoms with van der Waals surface area (Å²) in [6, 6.07) is 6.78. The summed E-state index contributed by atoms with van der Waals surface area (Å²) >= 11 is 0. The SMILES string of the molecule is COc1ccc(CC[NH2+][C@H]2CCCC[C@@H]2OC)cc1OC. The minimum absolute atomic E-state index is 0.421. The van der Waals surface area contributed by atoms with E-state index in [1.54, 1.807) is 14.2 Å². The molecule has 1 aliphatic rings. The van der Waals surface area contributed by atoms with Crippen molar-refractivity contribution in [3.8, 4) is 11.5 Å². The standard InChI is InChI=1S/C17H27NO3/c1-19-15-7-5-4-6-14(15)18-11-10-13-8-9-16(20-2)17(12-13)21-3/h8-9,12,14-15,18H,4-7,10-11H2,1-3H3/p+1/t14-,15-/m0/s1. The maximum Gasteiger partial charge on any atom is 0.160 e. The van der Waals surface area contributed by atoms with Crippen molar-refractivity contribution in [1.29, 1.82) is 0 Å². The van der Waals surface area contributed by atoms with Gasteiger partial charge in [-0.3, -0.25) is 0 Å². The number of benzene rings is 1. The van der Waals surface area contributed by atoms with Crippen molar-refractivity contribution in [2.45, 2.75) is 44.2 Å². The molecule has 0 aliphatic heterocycles. The lowest BCUT2D eigenvalue weighted by Gasteiger charge is -2.28. The number of quaternary nitrogens is 1. The summed E-state index contributed by atoms with van der Waals surface area (Å²) in [5, 5.41) is 2.45. The zero-order valence-electron chi connectivity index (χ0n) is 13.4. The first-order valence-electron chi connectivity index (χ1n) is 7.85. The maximum absolute atomic E-state index is 5.61. The van der Waals surface area contributed by atoms with Gasteiger partial charge in [-0.2, -0.15) is 0 Å². The third-order valence-corrected chi connectivity index (χ3v) is 4.41. The highest BCUT2D eigenvalue weighted by Crippen LogP contribution is 2.27. The maximum atomic E-state index is 5.61. The van der Waals surface area contributed by atoms with E-state index in [2.05, 4.69) is 17.4 Å². The predicted molar refractivity (Wildman–Crippen MR) is 83.1 cm³/mol. The fraction of sp³-hybridized carbons (Fsp3) is 0.647. The van der Waals surface area contributed by atoms with Crippen LogP contribution in [0.3, 0.4) is 0 Å². The number of hydrogen-bond acceptors (Lipinski definition) is 3. The fourth-order valence-corrected chi connectivity index (χ4v) is 3.19. The first-order chi connectivity index (χ1) is 10.3. The van der Waals surface area contributed by atoms with Gasteiger partial charge in [0.2, 0.25) is 0 Å². The molecule has 2 atom stereocenters. The number of hydrogen-bond donors (Lipinski definition) is 1. The molecule has 4 heteroatoms. The molecule has 0 amide bonds. The second kappa shape index (κ2) is 8.25. The summed E-state index contributed by atoms with van der Waals surface area (Å²) in [6.07, 6.45) is 6.56. The molecular weight excluding hydrogens is 266 g/mol. The Bertz CT molecular complexity index is 436. The van der Waals surface area contributed by atoms with E-state index in [-0.39, 0.29) is 0 Å². The average molecular weight is 294 g/mol. The molecule has 1 fully saturated rings. The van der Waals surface area contributed by atoms with E-state index < -0.39 is 0 Å². The molecule has 1 aromatic rings. The molecule has 0 aromatic heterocycles. The molecule has 0 radical (unpaired) electrons. The lowest BCUT2D eigenvalue weighted by atomic mass is 9.92. The van der Waals surface area contributed by atoms with Gasteiger partial charge >= 0.3 is 0 Å². The third kappa shape index (κ3) is 4.35. The molecular formula is C17H28NO3+. The third-order valence-electron chi connectivity index (χ3n) is 4.41.